The molecule has 0 fully saturated rings. The quantitative estimate of drug-likeness (QED) is 0.487. The predicted molar refractivity (Wildman–Crippen MR) is 34.9 cm³/mol. The third kappa shape index (κ3) is 1.20. The minimum absolute atomic E-state index is 0.699. The van der Waals surface area contributed by atoms with Crippen LogP contribution < -0.4 is 0 Å². The van der Waals surface area contributed by atoms with E-state index in [1.807, 2.05) is 0 Å². The minimum atomic E-state index is -0.713. The van der Waals surface area contributed by atoms with Crippen molar-refractivity contribution in [2.75, 3.05) is 0 Å². The van der Waals surface area contributed by atoms with Gasteiger partial charge in [-0.15, -0.1) is 0 Å². The Kier molecular flexibility index (Phi) is 1.69. The Morgan fingerprint density at radius 2 is 2.11 bits per heavy atom. The van der Waals surface area contributed by atoms with Gasteiger partial charge in [0.05, 0.1) is 0 Å². The van der Waals surface area contributed by atoms with Crippen molar-refractivity contribution in [1.29, 1.82) is 0 Å². The molecule has 0 saturated heterocycles. The molecule has 0 aromatic rings. The molecule has 0 saturated carbocycles. The van der Waals surface area contributed by atoms with E-state index < -0.39 is 12.2 Å². The molecule has 0 aromatic heterocycles. The van der Waals surface area contributed by atoms with E-state index in [0.29, 0.717) is 0 Å². The maximum absolute atomic E-state index is 9.08. The number of hydrogen-bond donors (Lipinski definition) is 2. The van der Waals surface area contributed by atoms with Crippen LogP contribution in [-0.2, 0) is 0 Å². The zero-order valence-corrected chi connectivity index (χ0v) is 5.28. The van der Waals surface area contributed by atoms with Gasteiger partial charge in [-0.3, -0.25) is 0 Å². The first-order chi connectivity index (χ1) is 4.22. The number of rotatable bonds is 0. The molecule has 2 atom stereocenters. The third-order valence-electron chi connectivity index (χ3n) is 1.46. The summed E-state index contributed by atoms with van der Waals surface area (Å²) in [5.41, 5.74) is 0.810. The van der Waals surface area contributed by atoms with Gasteiger partial charge in [0, 0.05) is 0 Å². The van der Waals surface area contributed by atoms with Crippen molar-refractivity contribution in [3.8, 4) is 0 Å². The van der Waals surface area contributed by atoms with E-state index in [1.165, 1.54) is 0 Å². The van der Waals surface area contributed by atoms with Crippen LogP contribution in [0.3, 0.4) is 0 Å². The van der Waals surface area contributed by atoms with Crippen LogP contribution in [0.2, 0.25) is 0 Å². The van der Waals surface area contributed by atoms with E-state index in [2.05, 4.69) is 0 Å². The number of allylic oxidation sites excluding steroid dienone is 2. The Hall–Kier alpha value is -0.600. The van der Waals surface area contributed by atoms with Crippen molar-refractivity contribution in [2.24, 2.45) is 0 Å². The molecule has 50 valence electrons. The van der Waals surface area contributed by atoms with Crippen LogP contribution in [0.25, 0.3) is 0 Å². The van der Waals surface area contributed by atoms with E-state index in [9.17, 15) is 0 Å². The molecule has 2 N–H and O–H groups in total. The molecular formula is C7H10O2. The average Bonchev–Trinajstić information content (AvgIpc) is 1.83. The Labute approximate surface area is 54.1 Å². The lowest BCUT2D eigenvalue weighted by Crippen LogP contribution is -2.26. The Balaban J connectivity index is 2.73. The van der Waals surface area contributed by atoms with Gasteiger partial charge in [0.2, 0.25) is 0 Å². The van der Waals surface area contributed by atoms with Crippen molar-refractivity contribution in [1.82, 2.24) is 0 Å². The molecule has 1 aliphatic rings. The average molecular weight is 126 g/mol. The molecule has 2 nitrogen and oxygen atoms in total. The highest BCUT2D eigenvalue weighted by molar-refractivity contribution is 5.23. The smallest absolute Gasteiger partial charge is 0.105 e. The van der Waals surface area contributed by atoms with Gasteiger partial charge in [-0.25, -0.2) is 0 Å². The highest BCUT2D eigenvalue weighted by atomic mass is 16.3. The lowest BCUT2D eigenvalue weighted by molar-refractivity contribution is 0.0716. The van der Waals surface area contributed by atoms with Gasteiger partial charge >= 0.3 is 0 Å². The molecule has 0 aliphatic heterocycles. The highest BCUT2D eigenvalue weighted by Gasteiger charge is 2.16. The lowest BCUT2D eigenvalue weighted by atomic mass is 10.0. The maximum Gasteiger partial charge on any atom is 0.105 e. The summed E-state index contributed by atoms with van der Waals surface area (Å²) >= 11 is 0. The fourth-order valence-electron chi connectivity index (χ4n) is 0.794. The standard InChI is InChI=1S/C7H10O2/c1-5-3-2-4-6(8)7(5)9/h2-4,6-9H,1H3. The summed E-state index contributed by atoms with van der Waals surface area (Å²) < 4.78 is 0. The van der Waals surface area contributed by atoms with Crippen LogP contribution >= 0.6 is 0 Å². The summed E-state index contributed by atoms with van der Waals surface area (Å²) in [6, 6.07) is 0. The maximum atomic E-state index is 9.08. The van der Waals surface area contributed by atoms with E-state index in [0.717, 1.165) is 5.57 Å². The molecule has 1 aliphatic carbocycles. The molecule has 1 rings (SSSR count). The molecular weight excluding hydrogens is 116 g/mol. The fraction of sp³-hybridized carbons (Fsp3) is 0.429. The van der Waals surface area contributed by atoms with Gasteiger partial charge in [0.25, 0.3) is 0 Å². The van der Waals surface area contributed by atoms with E-state index >= 15 is 0 Å². The van der Waals surface area contributed by atoms with Gasteiger partial charge in [-0.05, 0) is 12.5 Å². The Morgan fingerprint density at radius 3 is 2.56 bits per heavy atom. The molecule has 0 aromatic carbocycles. The van der Waals surface area contributed by atoms with Crippen molar-refractivity contribution in [3.05, 3.63) is 23.8 Å². The summed E-state index contributed by atoms with van der Waals surface area (Å²) in [6.45, 7) is 1.79. The summed E-state index contributed by atoms with van der Waals surface area (Å²) in [7, 11) is 0. The van der Waals surface area contributed by atoms with Crippen molar-refractivity contribution in [2.45, 2.75) is 19.1 Å². The molecule has 0 radical (unpaired) electrons. The van der Waals surface area contributed by atoms with Crippen LogP contribution in [0, 0.1) is 0 Å². The Bertz CT molecular complexity index is 158. The van der Waals surface area contributed by atoms with Crippen LogP contribution in [-0.4, -0.2) is 22.4 Å². The van der Waals surface area contributed by atoms with Gasteiger partial charge in [0.1, 0.15) is 12.2 Å². The van der Waals surface area contributed by atoms with Crippen molar-refractivity contribution in [3.63, 3.8) is 0 Å². The first-order valence-electron chi connectivity index (χ1n) is 2.93. The molecule has 9 heavy (non-hydrogen) atoms. The number of aliphatic hydroxyl groups is 2. The first-order valence-corrected chi connectivity index (χ1v) is 2.93. The van der Waals surface area contributed by atoms with E-state index in [1.54, 1.807) is 25.2 Å². The topological polar surface area (TPSA) is 40.5 Å². The predicted octanol–water partition coefficient (Wildman–Crippen LogP) is 0.224. The van der Waals surface area contributed by atoms with Crippen LogP contribution in [0.15, 0.2) is 23.8 Å². The fourth-order valence-corrected chi connectivity index (χ4v) is 0.794. The van der Waals surface area contributed by atoms with Crippen molar-refractivity contribution < 1.29 is 10.2 Å². The molecule has 0 bridgehead atoms. The SMILES string of the molecule is CC1=CC=CC(O)C1O. The van der Waals surface area contributed by atoms with Gasteiger partial charge in [0.15, 0.2) is 0 Å². The normalized spacial score (nSPS) is 34.3. The zero-order chi connectivity index (χ0) is 6.85. The summed E-state index contributed by atoms with van der Waals surface area (Å²) in [5.74, 6) is 0. The largest absolute Gasteiger partial charge is 0.386 e. The first kappa shape index (κ1) is 6.52. The monoisotopic (exact) mass is 126 g/mol. The third-order valence-corrected chi connectivity index (χ3v) is 1.46. The summed E-state index contributed by atoms with van der Waals surface area (Å²) in [4.78, 5) is 0. The van der Waals surface area contributed by atoms with Crippen LogP contribution in [0.4, 0.5) is 0 Å². The second-order valence-electron chi connectivity index (χ2n) is 2.23. The number of aliphatic hydroxyl groups excluding tert-OH is 2. The molecule has 0 heterocycles. The minimum Gasteiger partial charge on any atom is -0.386 e. The molecule has 2 unspecified atom stereocenters. The number of hydrogen-bond acceptors (Lipinski definition) is 2. The van der Waals surface area contributed by atoms with Gasteiger partial charge < -0.3 is 10.2 Å². The molecule has 2 heteroatoms. The van der Waals surface area contributed by atoms with Crippen LogP contribution in [0.5, 0.6) is 0 Å². The second-order valence-corrected chi connectivity index (χ2v) is 2.23. The van der Waals surface area contributed by atoms with Gasteiger partial charge in [-0.2, -0.15) is 0 Å². The highest BCUT2D eigenvalue weighted by Crippen LogP contribution is 2.11. The second kappa shape index (κ2) is 2.33. The summed E-state index contributed by atoms with van der Waals surface area (Å²) in [5, 5.41) is 18.0. The van der Waals surface area contributed by atoms with E-state index in [-0.39, 0.29) is 0 Å². The molecule has 0 amide bonds. The molecule has 0 spiro atoms. The summed E-state index contributed by atoms with van der Waals surface area (Å²) in [6.07, 6.45) is 3.69. The van der Waals surface area contributed by atoms with E-state index in [4.69, 9.17) is 10.2 Å². The van der Waals surface area contributed by atoms with Gasteiger partial charge in [-0.1, -0.05) is 18.2 Å². The zero-order valence-electron chi connectivity index (χ0n) is 5.28. The van der Waals surface area contributed by atoms with Crippen molar-refractivity contribution >= 4 is 0 Å². The van der Waals surface area contributed by atoms with Crippen LogP contribution in [0.1, 0.15) is 6.92 Å². The Morgan fingerprint density at radius 1 is 1.44 bits per heavy atom. The lowest BCUT2D eigenvalue weighted by Gasteiger charge is -2.17.